The van der Waals surface area contributed by atoms with Gasteiger partial charge in [0.1, 0.15) is 17.3 Å². The molecule has 0 saturated carbocycles. The summed E-state index contributed by atoms with van der Waals surface area (Å²) in [4.78, 5) is 14.4. The Labute approximate surface area is 128 Å². The van der Waals surface area contributed by atoms with Crippen LogP contribution in [0.3, 0.4) is 0 Å². The number of hydrogen-bond donors (Lipinski definition) is 1. The molecule has 0 spiro atoms. The lowest BCUT2D eigenvalue weighted by Crippen LogP contribution is -2.32. The topological polar surface area (TPSA) is 53.7 Å². The number of rotatable bonds is 1. The number of amides is 1. The Morgan fingerprint density at radius 3 is 2.82 bits per heavy atom. The van der Waals surface area contributed by atoms with Crippen LogP contribution >= 0.6 is 0 Å². The molecule has 0 bridgehead atoms. The van der Waals surface area contributed by atoms with Crippen LogP contribution < -0.4 is 4.90 Å². The number of furan rings is 1. The van der Waals surface area contributed by atoms with Crippen molar-refractivity contribution in [2.45, 2.75) is 32.8 Å². The van der Waals surface area contributed by atoms with Crippen LogP contribution in [0.5, 0.6) is 0 Å². The number of benzene rings is 1. The van der Waals surface area contributed by atoms with E-state index in [0.29, 0.717) is 47.7 Å². The van der Waals surface area contributed by atoms with E-state index in [0.717, 1.165) is 0 Å². The van der Waals surface area contributed by atoms with E-state index in [1.54, 1.807) is 30.9 Å². The van der Waals surface area contributed by atoms with Crippen LogP contribution in [0.15, 0.2) is 28.7 Å². The summed E-state index contributed by atoms with van der Waals surface area (Å²) >= 11 is 0. The molecule has 0 unspecified atom stereocenters. The molecule has 22 heavy (non-hydrogen) atoms. The van der Waals surface area contributed by atoms with Crippen LogP contribution in [0.2, 0.25) is 0 Å². The molecule has 116 valence electrons. The van der Waals surface area contributed by atoms with E-state index < -0.39 is 11.9 Å². The molecule has 1 aromatic heterocycles. The number of hydrogen-bond acceptors (Lipinski definition) is 3. The quantitative estimate of drug-likeness (QED) is 0.877. The summed E-state index contributed by atoms with van der Waals surface area (Å²) in [5.74, 6) is 0.643. The van der Waals surface area contributed by atoms with Crippen molar-refractivity contribution < 1.29 is 18.7 Å². The molecule has 1 aliphatic heterocycles. The second kappa shape index (κ2) is 5.57. The first-order valence-corrected chi connectivity index (χ1v) is 7.34. The Morgan fingerprint density at radius 2 is 2.14 bits per heavy atom. The average molecular weight is 303 g/mol. The zero-order valence-electron chi connectivity index (χ0n) is 12.6. The molecule has 0 saturated heterocycles. The molecule has 5 heteroatoms. The Balaban J connectivity index is 2.06. The second-order valence-corrected chi connectivity index (χ2v) is 5.64. The van der Waals surface area contributed by atoms with E-state index >= 15 is 0 Å². The zero-order chi connectivity index (χ0) is 15.9. The lowest BCUT2D eigenvalue weighted by Gasteiger charge is -2.23. The lowest BCUT2D eigenvalue weighted by molar-refractivity contribution is 0.0985. The van der Waals surface area contributed by atoms with Crippen molar-refractivity contribution in [3.63, 3.8) is 0 Å². The highest BCUT2D eigenvalue weighted by molar-refractivity contribution is 6.07. The first-order chi connectivity index (χ1) is 10.5. The number of fused-ring (bicyclic) bond motifs is 1. The molecule has 0 aliphatic carbocycles. The van der Waals surface area contributed by atoms with Crippen molar-refractivity contribution in [3.05, 3.63) is 52.7 Å². The van der Waals surface area contributed by atoms with Crippen molar-refractivity contribution in [2.75, 3.05) is 11.4 Å². The van der Waals surface area contributed by atoms with Crippen LogP contribution in [0.1, 0.15) is 46.4 Å². The van der Waals surface area contributed by atoms with Crippen LogP contribution in [0, 0.1) is 19.7 Å². The fraction of sp³-hybridized carbons (Fsp3) is 0.353. The van der Waals surface area contributed by atoms with Gasteiger partial charge in [-0.1, -0.05) is 0 Å². The third kappa shape index (κ3) is 2.52. The van der Waals surface area contributed by atoms with Gasteiger partial charge in [0.15, 0.2) is 0 Å². The smallest absolute Gasteiger partial charge is 0.261 e. The highest BCUT2D eigenvalue weighted by Crippen LogP contribution is 2.34. The van der Waals surface area contributed by atoms with Gasteiger partial charge in [0, 0.05) is 17.8 Å². The summed E-state index contributed by atoms with van der Waals surface area (Å²) in [6, 6.07) is 5.88. The monoisotopic (exact) mass is 303 g/mol. The zero-order valence-corrected chi connectivity index (χ0v) is 12.6. The first-order valence-electron chi connectivity index (χ1n) is 7.34. The summed E-state index contributed by atoms with van der Waals surface area (Å²) in [5, 5.41) is 10.2. The van der Waals surface area contributed by atoms with Crippen molar-refractivity contribution in [1.82, 2.24) is 0 Å². The van der Waals surface area contributed by atoms with Gasteiger partial charge in [-0.3, -0.25) is 4.79 Å². The van der Waals surface area contributed by atoms with Gasteiger partial charge in [-0.05, 0) is 51.0 Å². The Morgan fingerprint density at radius 1 is 1.36 bits per heavy atom. The van der Waals surface area contributed by atoms with Gasteiger partial charge in [-0.15, -0.1) is 0 Å². The van der Waals surface area contributed by atoms with Gasteiger partial charge in [0.2, 0.25) is 0 Å². The number of anilines is 1. The third-order valence-electron chi connectivity index (χ3n) is 4.02. The normalized spacial score (nSPS) is 18.0. The van der Waals surface area contributed by atoms with E-state index in [-0.39, 0.29) is 5.91 Å². The van der Waals surface area contributed by atoms with Gasteiger partial charge < -0.3 is 14.4 Å². The summed E-state index contributed by atoms with van der Waals surface area (Å²) in [6.07, 6.45) is 0.401. The molecule has 1 aromatic carbocycles. The van der Waals surface area contributed by atoms with Gasteiger partial charge in [-0.2, -0.15) is 0 Å². The van der Waals surface area contributed by atoms with E-state index in [1.807, 2.05) is 0 Å². The molecular weight excluding hydrogens is 285 g/mol. The van der Waals surface area contributed by atoms with Crippen LogP contribution in [0.25, 0.3) is 0 Å². The maximum atomic E-state index is 13.5. The average Bonchev–Trinajstić information content (AvgIpc) is 2.72. The van der Waals surface area contributed by atoms with E-state index in [2.05, 4.69) is 0 Å². The van der Waals surface area contributed by atoms with Gasteiger partial charge in [-0.25, -0.2) is 4.39 Å². The maximum Gasteiger partial charge on any atom is 0.261 e. The first kappa shape index (κ1) is 14.8. The molecule has 1 N–H and O–H groups in total. The van der Waals surface area contributed by atoms with Crippen molar-refractivity contribution in [3.8, 4) is 0 Å². The van der Waals surface area contributed by atoms with E-state index in [9.17, 15) is 14.3 Å². The Kier molecular flexibility index (Phi) is 3.74. The predicted octanol–water partition coefficient (Wildman–Crippen LogP) is 3.51. The molecule has 1 amide bonds. The fourth-order valence-corrected chi connectivity index (χ4v) is 2.96. The van der Waals surface area contributed by atoms with Gasteiger partial charge in [0.05, 0.1) is 11.7 Å². The summed E-state index contributed by atoms with van der Waals surface area (Å²) in [5.41, 5.74) is 1.53. The van der Waals surface area contributed by atoms with Gasteiger partial charge >= 0.3 is 0 Å². The number of aliphatic hydroxyl groups excluding tert-OH is 1. The molecule has 2 aromatic rings. The maximum absolute atomic E-state index is 13.5. The minimum Gasteiger partial charge on any atom is -0.466 e. The molecule has 3 rings (SSSR count). The highest BCUT2D eigenvalue weighted by Gasteiger charge is 2.28. The van der Waals surface area contributed by atoms with E-state index in [4.69, 9.17) is 4.42 Å². The summed E-state index contributed by atoms with van der Waals surface area (Å²) in [7, 11) is 0. The van der Waals surface area contributed by atoms with Gasteiger partial charge in [0.25, 0.3) is 5.91 Å². The number of carbonyl (C=O) groups is 1. The third-order valence-corrected chi connectivity index (χ3v) is 4.02. The second-order valence-electron chi connectivity index (χ2n) is 5.64. The minimum atomic E-state index is -0.754. The molecule has 0 fully saturated rings. The predicted molar refractivity (Wildman–Crippen MR) is 80.5 cm³/mol. The molecule has 1 aliphatic rings. The standard InChI is InChI=1S/C17H18FNO3/c1-10-8-13(11(2)22-10)17(21)19-7-3-4-16(20)14-9-12(18)5-6-15(14)19/h5-6,8-9,16,20H,3-4,7H2,1-2H3/t16-/m0/s1. The van der Waals surface area contributed by atoms with E-state index in [1.165, 1.54) is 12.1 Å². The Bertz CT molecular complexity index is 723. The fourth-order valence-electron chi connectivity index (χ4n) is 2.96. The molecule has 1 atom stereocenters. The van der Waals surface area contributed by atoms with Crippen LogP contribution in [0.4, 0.5) is 10.1 Å². The molecular formula is C17H18FNO3. The van der Waals surface area contributed by atoms with Crippen molar-refractivity contribution >= 4 is 11.6 Å². The molecule has 2 heterocycles. The largest absolute Gasteiger partial charge is 0.466 e. The SMILES string of the molecule is Cc1cc(C(=O)N2CCC[C@H](O)c3cc(F)ccc32)c(C)o1. The number of aliphatic hydroxyl groups is 1. The highest BCUT2D eigenvalue weighted by atomic mass is 19.1. The summed E-state index contributed by atoms with van der Waals surface area (Å²) in [6.45, 7) is 4.02. The van der Waals surface area contributed by atoms with Crippen molar-refractivity contribution in [1.29, 1.82) is 0 Å². The Hall–Kier alpha value is -2.14. The molecule has 0 radical (unpaired) electrons. The summed E-state index contributed by atoms with van der Waals surface area (Å²) < 4.78 is 18.9. The minimum absolute atomic E-state index is 0.184. The number of halogens is 1. The van der Waals surface area contributed by atoms with Crippen LogP contribution in [-0.2, 0) is 0 Å². The number of nitrogens with zero attached hydrogens (tertiary/aromatic N) is 1. The molecule has 4 nitrogen and oxygen atoms in total. The van der Waals surface area contributed by atoms with Crippen LogP contribution in [-0.4, -0.2) is 17.6 Å². The van der Waals surface area contributed by atoms with Crippen molar-refractivity contribution in [2.24, 2.45) is 0 Å². The number of aryl methyl sites for hydroxylation is 2. The number of carbonyl (C=O) groups excluding carboxylic acids is 1. The lowest BCUT2D eigenvalue weighted by atomic mass is 10.0.